The zero-order valence-corrected chi connectivity index (χ0v) is 15.0. The van der Waals surface area contributed by atoms with Gasteiger partial charge in [-0.3, -0.25) is 14.6 Å². The van der Waals surface area contributed by atoms with Gasteiger partial charge in [-0.05, 0) is 33.0 Å². The van der Waals surface area contributed by atoms with Crippen LogP contribution in [-0.4, -0.2) is 59.8 Å². The summed E-state index contributed by atoms with van der Waals surface area (Å²) in [5.74, 6) is -0.444. The lowest BCUT2D eigenvalue weighted by atomic mass is 9.89. The first-order chi connectivity index (χ1) is 11.9. The Bertz CT molecular complexity index is 790. The van der Waals surface area contributed by atoms with Gasteiger partial charge >= 0.3 is 0 Å². The van der Waals surface area contributed by atoms with Crippen molar-refractivity contribution in [1.29, 1.82) is 0 Å². The van der Waals surface area contributed by atoms with Crippen LogP contribution >= 0.6 is 0 Å². The number of para-hydroxylation sites is 1. The molecule has 0 atom stereocenters. The van der Waals surface area contributed by atoms with Crippen LogP contribution in [0.25, 0.3) is 10.9 Å². The number of amides is 2. The SMILES string of the molecule is CN1CCN(C(=O)C(C)(C)C(=O)Nc2cccc3cccnc23)CC1. The van der Waals surface area contributed by atoms with Gasteiger partial charge < -0.3 is 15.1 Å². The van der Waals surface area contributed by atoms with Gasteiger partial charge in [0.2, 0.25) is 11.8 Å². The van der Waals surface area contributed by atoms with Gasteiger partial charge in [0.25, 0.3) is 0 Å². The number of hydrogen-bond acceptors (Lipinski definition) is 4. The number of anilines is 1. The van der Waals surface area contributed by atoms with E-state index in [1.54, 1.807) is 24.9 Å². The largest absolute Gasteiger partial charge is 0.339 e. The number of carbonyl (C=O) groups excluding carboxylic acids is 2. The highest BCUT2D eigenvalue weighted by molar-refractivity contribution is 6.12. The second-order valence-electron chi connectivity index (χ2n) is 7.06. The summed E-state index contributed by atoms with van der Waals surface area (Å²) in [5, 5.41) is 3.84. The van der Waals surface area contributed by atoms with Gasteiger partial charge in [-0.15, -0.1) is 0 Å². The van der Waals surface area contributed by atoms with Gasteiger partial charge in [-0.25, -0.2) is 0 Å². The minimum atomic E-state index is -1.13. The number of benzene rings is 1. The van der Waals surface area contributed by atoms with Crippen molar-refractivity contribution in [1.82, 2.24) is 14.8 Å². The molecule has 0 aliphatic carbocycles. The number of fused-ring (bicyclic) bond motifs is 1. The molecule has 1 aliphatic rings. The van der Waals surface area contributed by atoms with E-state index in [0.29, 0.717) is 18.8 Å². The normalized spacial score (nSPS) is 16.0. The lowest BCUT2D eigenvalue weighted by Crippen LogP contribution is -2.53. The quantitative estimate of drug-likeness (QED) is 0.868. The number of pyridine rings is 1. The van der Waals surface area contributed by atoms with Crippen molar-refractivity contribution in [2.75, 3.05) is 38.5 Å². The Morgan fingerprint density at radius 1 is 1.08 bits per heavy atom. The molecule has 0 radical (unpaired) electrons. The van der Waals surface area contributed by atoms with Gasteiger partial charge in [-0.2, -0.15) is 0 Å². The third-order valence-corrected chi connectivity index (χ3v) is 4.77. The van der Waals surface area contributed by atoms with E-state index in [2.05, 4.69) is 15.2 Å². The minimum absolute atomic E-state index is 0.133. The first-order valence-electron chi connectivity index (χ1n) is 8.53. The second kappa shape index (κ2) is 6.80. The number of hydrogen-bond donors (Lipinski definition) is 1. The summed E-state index contributed by atoms with van der Waals surface area (Å²) in [5.41, 5.74) is 0.218. The number of nitrogens with one attached hydrogen (secondary N) is 1. The molecular weight excluding hydrogens is 316 g/mol. The summed E-state index contributed by atoms with van der Waals surface area (Å²) < 4.78 is 0. The monoisotopic (exact) mass is 340 g/mol. The fourth-order valence-electron chi connectivity index (χ4n) is 2.99. The van der Waals surface area contributed by atoms with E-state index >= 15 is 0 Å². The van der Waals surface area contributed by atoms with Crippen molar-refractivity contribution in [3.63, 3.8) is 0 Å². The van der Waals surface area contributed by atoms with Crippen LogP contribution in [0.2, 0.25) is 0 Å². The third-order valence-electron chi connectivity index (χ3n) is 4.77. The molecular formula is C19H24N4O2. The van der Waals surface area contributed by atoms with Crippen LogP contribution in [0.3, 0.4) is 0 Å². The van der Waals surface area contributed by atoms with E-state index in [1.165, 1.54) is 0 Å². The standard InChI is InChI=1S/C19H24N4O2/c1-19(2,18(25)23-12-10-22(3)11-13-23)17(24)21-15-8-4-6-14-7-5-9-20-16(14)15/h4-9H,10-13H2,1-3H3,(H,21,24). The van der Waals surface area contributed by atoms with Gasteiger partial charge in [-0.1, -0.05) is 18.2 Å². The van der Waals surface area contributed by atoms with Crippen molar-refractivity contribution in [2.24, 2.45) is 5.41 Å². The highest BCUT2D eigenvalue weighted by atomic mass is 16.2. The smallest absolute Gasteiger partial charge is 0.239 e. The van der Waals surface area contributed by atoms with E-state index in [-0.39, 0.29) is 11.8 Å². The molecule has 1 aromatic carbocycles. The third kappa shape index (κ3) is 3.49. The Hall–Kier alpha value is -2.47. The van der Waals surface area contributed by atoms with Crippen LogP contribution in [0.15, 0.2) is 36.5 Å². The fraction of sp³-hybridized carbons (Fsp3) is 0.421. The van der Waals surface area contributed by atoms with Crippen molar-refractivity contribution in [2.45, 2.75) is 13.8 Å². The summed E-state index contributed by atoms with van der Waals surface area (Å²) >= 11 is 0. The molecule has 1 fully saturated rings. The Balaban J connectivity index is 1.78. The maximum atomic E-state index is 12.9. The molecule has 25 heavy (non-hydrogen) atoms. The molecule has 3 rings (SSSR count). The number of carbonyl (C=O) groups is 2. The van der Waals surface area contributed by atoms with Crippen LogP contribution in [0, 0.1) is 5.41 Å². The van der Waals surface area contributed by atoms with Crippen LogP contribution in [0.4, 0.5) is 5.69 Å². The molecule has 0 bridgehead atoms. The van der Waals surface area contributed by atoms with Crippen LogP contribution < -0.4 is 5.32 Å². The molecule has 1 N–H and O–H groups in total. The van der Waals surface area contributed by atoms with Crippen LogP contribution in [0.1, 0.15) is 13.8 Å². The number of piperazine rings is 1. The lowest BCUT2D eigenvalue weighted by Gasteiger charge is -2.36. The second-order valence-corrected chi connectivity index (χ2v) is 7.06. The average molecular weight is 340 g/mol. The number of aromatic nitrogens is 1. The Morgan fingerprint density at radius 3 is 2.48 bits per heavy atom. The molecule has 132 valence electrons. The molecule has 0 saturated carbocycles. The molecule has 2 heterocycles. The number of likely N-dealkylation sites (N-methyl/N-ethyl adjacent to an activating group) is 1. The zero-order valence-electron chi connectivity index (χ0n) is 15.0. The minimum Gasteiger partial charge on any atom is -0.339 e. The molecule has 0 unspecified atom stereocenters. The van der Waals surface area contributed by atoms with E-state index in [4.69, 9.17) is 0 Å². The topological polar surface area (TPSA) is 65.5 Å². The van der Waals surface area contributed by atoms with E-state index in [1.807, 2.05) is 37.4 Å². The molecule has 2 amide bonds. The first kappa shape index (κ1) is 17.4. The molecule has 6 nitrogen and oxygen atoms in total. The molecule has 6 heteroatoms. The summed E-state index contributed by atoms with van der Waals surface area (Å²) in [7, 11) is 2.03. The molecule has 0 spiro atoms. The van der Waals surface area contributed by atoms with Crippen molar-refractivity contribution in [3.05, 3.63) is 36.5 Å². The number of rotatable bonds is 3. The van der Waals surface area contributed by atoms with Crippen molar-refractivity contribution in [3.8, 4) is 0 Å². The highest BCUT2D eigenvalue weighted by Gasteiger charge is 2.40. The van der Waals surface area contributed by atoms with Crippen LogP contribution in [-0.2, 0) is 9.59 Å². The summed E-state index contributed by atoms with van der Waals surface area (Å²) in [6.07, 6.45) is 1.69. The molecule has 2 aromatic rings. The van der Waals surface area contributed by atoms with E-state index in [0.717, 1.165) is 24.0 Å². The Morgan fingerprint density at radius 2 is 1.76 bits per heavy atom. The predicted molar refractivity (Wildman–Crippen MR) is 98.2 cm³/mol. The van der Waals surface area contributed by atoms with E-state index in [9.17, 15) is 9.59 Å². The van der Waals surface area contributed by atoms with Crippen molar-refractivity contribution >= 4 is 28.4 Å². The Kier molecular flexibility index (Phi) is 4.72. The average Bonchev–Trinajstić information content (AvgIpc) is 2.62. The number of nitrogens with zero attached hydrogens (tertiary/aromatic N) is 3. The Labute approximate surface area is 147 Å². The fourth-order valence-corrected chi connectivity index (χ4v) is 2.99. The first-order valence-corrected chi connectivity index (χ1v) is 8.53. The molecule has 1 aromatic heterocycles. The summed E-state index contributed by atoms with van der Waals surface area (Å²) in [6, 6.07) is 9.42. The predicted octanol–water partition coefficient (Wildman–Crippen LogP) is 1.97. The summed E-state index contributed by atoms with van der Waals surface area (Å²) in [6.45, 7) is 6.33. The highest BCUT2D eigenvalue weighted by Crippen LogP contribution is 2.26. The lowest BCUT2D eigenvalue weighted by molar-refractivity contribution is -0.147. The van der Waals surface area contributed by atoms with Gasteiger partial charge in [0.15, 0.2) is 0 Å². The van der Waals surface area contributed by atoms with Gasteiger partial charge in [0, 0.05) is 37.8 Å². The van der Waals surface area contributed by atoms with Gasteiger partial charge in [0.1, 0.15) is 5.41 Å². The van der Waals surface area contributed by atoms with E-state index < -0.39 is 5.41 Å². The zero-order chi connectivity index (χ0) is 18.0. The molecule has 1 aliphatic heterocycles. The maximum Gasteiger partial charge on any atom is 0.239 e. The van der Waals surface area contributed by atoms with Gasteiger partial charge in [0.05, 0.1) is 11.2 Å². The maximum absolute atomic E-state index is 12.9. The summed E-state index contributed by atoms with van der Waals surface area (Å²) in [4.78, 5) is 34.0. The van der Waals surface area contributed by atoms with Crippen LogP contribution in [0.5, 0.6) is 0 Å². The van der Waals surface area contributed by atoms with Crippen molar-refractivity contribution < 1.29 is 9.59 Å². The molecule has 1 saturated heterocycles.